The van der Waals surface area contributed by atoms with Crippen LogP contribution < -0.4 is 0 Å². The SMILES string of the molecule is O[C@@H]1CCCC[C@H]1c1ccc(-c2ccccc2)cc1. The van der Waals surface area contributed by atoms with Crippen molar-refractivity contribution in [2.45, 2.75) is 37.7 Å². The van der Waals surface area contributed by atoms with Crippen LogP contribution in [-0.4, -0.2) is 11.2 Å². The number of hydrogen-bond donors (Lipinski definition) is 1. The zero-order chi connectivity index (χ0) is 13.1. The number of hydrogen-bond acceptors (Lipinski definition) is 1. The van der Waals surface area contributed by atoms with E-state index in [9.17, 15) is 5.11 Å². The van der Waals surface area contributed by atoms with Gasteiger partial charge in [-0.1, -0.05) is 67.4 Å². The summed E-state index contributed by atoms with van der Waals surface area (Å²) in [5.41, 5.74) is 3.78. The van der Waals surface area contributed by atoms with Gasteiger partial charge in [0.05, 0.1) is 6.10 Å². The van der Waals surface area contributed by atoms with Crippen molar-refractivity contribution in [1.29, 1.82) is 0 Å². The molecule has 1 N–H and O–H groups in total. The molecule has 2 aromatic carbocycles. The van der Waals surface area contributed by atoms with Gasteiger partial charge in [-0.05, 0) is 29.5 Å². The molecule has 1 nitrogen and oxygen atoms in total. The summed E-state index contributed by atoms with van der Waals surface area (Å²) in [6.07, 6.45) is 4.31. The molecule has 0 radical (unpaired) electrons. The van der Waals surface area contributed by atoms with Crippen molar-refractivity contribution in [2.75, 3.05) is 0 Å². The average Bonchev–Trinajstić information content (AvgIpc) is 2.49. The van der Waals surface area contributed by atoms with Crippen LogP contribution in [0.5, 0.6) is 0 Å². The van der Waals surface area contributed by atoms with Gasteiger partial charge in [-0.25, -0.2) is 0 Å². The van der Waals surface area contributed by atoms with E-state index in [0.29, 0.717) is 5.92 Å². The molecule has 0 heterocycles. The maximum absolute atomic E-state index is 10.1. The molecular formula is C18H20O. The molecule has 0 saturated heterocycles. The van der Waals surface area contributed by atoms with Gasteiger partial charge in [0.15, 0.2) is 0 Å². The molecule has 1 heteroatoms. The van der Waals surface area contributed by atoms with Crippen molar-refractivity contribution >= 4 is 0 Å². The van der Waals surface area contributed by atoms with Crippen LogP contribution in [0.3, 0.4) is 0 Å². The van der Waals surface area contributed by atoms with E-state index in [1.165, 1.54) is 29.5 Å². The maximum Gasteiger partial charge on any atom is 0.0608 e. The molecule has 2 aromatic rings. The lowest BCUT2D eigenvalue weighted by Crippen LogP contribution is -2.22. The fraction of sp³-hybridized carbons (Fsp3) is 0.333. The van der Waals surface area contributed by atoms with Crippen molar-refractivity contribution in [2.24, 2.45) is 0 Å². The van der Waals surface area contributed by atoms with Crippen LogP contribution in [0.15, 0.2) is 54.6 Å². The van der Waals surface area contributed by atoms with Crippen molar-refractivity contribution in [1.82, 2.24) is 0 Å². The summed E-state index contributed by atoms with van der Waals surface area (Å²) in [5, 5.41) is 10.1. The van der Waals surface area contributed by atoms with Crippen molar-refractivity contribution in [3.63, 3.8) is 0 Å². The van der Waals surface area contributed by atoms with Gasteiger partial charge in [0, 0.05) is 5.92 Å². The Morgan fingerprint density at radius 3 is 2.05 bits per heavy atom. The van der Waals surface area contributed by atoms with Crippen LogP contribution in [-0.2, 0) is 0 Å². The van der Waals surface area contributed by atoms with E-state index >= 15 is 0 Å². The molecule has 0 unspecified atom stereocenters. The van der Waals surface area contributed by atoms with Crippen molar-refractivity contribution in [3.8, 4) is 11.1 Å². The maximum atomic E-state index is 10.1. The topological polar surface area (TPSA) is 20.2 Å². The lowest BCUT2D eigenvalue weighted by molar-refractivity contribution is 0.106. The molecule has 0 amide bonds. The third-order valence-electron chi connectivity index (χ3n) is 4.18. The minimum atomic E-state index is -0.156. The minimum absolute atomic E-state index is 0.156. The Morgan fingerprint density at radius 1 is 0.737 bits per heavy atom. The summed E-state index contributed by atoms with van der Waals surface area (Å²) >= 11 is 0. The van der Waals surface area contributed by atoms with Crippen molar-refractivity contribution in [3.05, 3.63) is 60.2 Å². The highest BCUT2D eigenvalue weighted by Gasteiger charge is 2.24. The zero-order valence-corrected chi connectivity index (χ0v) is 11.1. The fourth-order valence-corrected chi connectivity index (χ4v) is 3.05. The molecule has 3 rings (SSSR count). The van der Waals surface area contributed by atoms with E-state index in [-0.39, 0.29) is 6.10 Å². The first-order valence-corrected chi connectivity index (χ1v) is 7.18. The second kappa shape index (κ2) is 5.58. The molecule has 0 spiro atoms. The standard InChI is InChI=1S/C18H20O/c19-18-9-5-4-8-17(18)16-12-10-15(11-13-16)14-6-2-1-3-7-14/h1-3,6-7,10-13,17-19H,4-5,8-9H2/t17-,18+/m0/s1. The van der Waals surface area contributed by atoms with E-state index < -0.39 is 0 Å². The summed E-state index contributed by atoms with van der Waals surface area (Å²) < 4.78 is 0. The van der Waals surface area contributed by atoms with Crippen LogP contribution in [0, 0.1) is 0 Å². The molecule has 98 valence electrons. The second-order valence-corrected chi connectivity index (χ2v) is 5.45. The van der Waals surface area contributed by atoms with Gasteiger partial charge in [0.2, 0.25) is 0 Å². The normalized spacial score (nSPS) is 23.2. The van der Waals surface area contributed by atoms with Gasteiger partial charge in [-0.15, -0.1) is 0 Å². The highest BCUT2D eigenvalue weighted by molar-refractivity contribution is 5.63. The number of aliphatic hydroxyl groups is 1. The molecule has 0 aliphatic heterocycles. The van der Waals surface area contributed by atoms with E-state index in [4.69, 9.17) is 0 Å². The van der Waals surface area contributed by atoms with Crippen LogP contribution in [0.25, 0.3) is 11.1 Å². The third-order valence-corrected chi connectivity index (χ3v) is 4.18. The van der Waals surface area contributed by atoms with Gasteiger partial charge in [-0.2, -0.15) is 0 Å². The monoisotopic (exact) mass is 252 g/mol. The van der Waals surface area contributed by atoms with E-state index in [2.05, 4.69) is 48.5 Å². The Morgan fingerprint density at radius 2 is 1.37 bits per heavy atom. The van der Waals surface area contributed by atoms with E-state index in [1.54, 1.807) is 0 Å². The van der Waals surface area contributed by atoms with E-state index in [1.807, 2.05) is 6.07 Å². The Bertz CT molecular complexity index is 515. The van der Waals surface area contributed by atoms with E-state index in [0.717, 1.165) is 12.8 Å². The smallest absolute Gasteiger partial charge is 0.0608 e. The summed E-state index contributed by atoms with van der Waals surface area (Å²) in [5.74, 6) is 0.332. The Hall–Kier alpha value is -1.60. The van der Waals surface area contributed by atoms with Gasteiger partial charge >= 0.3 is 0 Å². The molecule has 0 aromatic heterocycles. The first-order chi connectivity index (χ1) is 9.34. The summed E-state index contributed by atoms with van der Waals surface area (Å²) in [4.78, 5) is 0. The number of benzene rings is 2. The molecular weight excluding hydrogens is 232 g/mol. The average molecular weight is 252 g/mol. The van der Waals surface area contributed by atoms with Crippen LogP contribution in [0.1, 0.15) is 37.2 Å². The van der Waals surface area contributed by atoms with Crippen LogP contribution in [0.4, 0.5) is 0 Å². The zero-order valence-electron chi connectivity index (χ0n) is 11.1. The number of aliphatic hydroxyl groups excluding tert-OH is 1. The highest BCUT2D eigenvalue weighted by Crippen LogP contribution is 2.33. The number of rotatable bonds is 2. The Kier molecular flexibility index (Phi) is 3.65. The Balaban J connectivity index is 1.83. The summed E-state index contributed by atoms with van der Waals surface area (Å²) in [6, 6.07) is 19.1. The molecule has 19 heavy (non-hydrogen) atoms. The predicted molar refractivity (Wildman–Crippen MR) is 79.1 cm³/mol. The lowest BCUT2D eigenvalue weighted by atomic mass is 9.81. The third kappa shape index (κ3) is 2.71. The molecule has 1 aliphatic carbocycles. The first-order valence-electron chi connectivity index (χ1n) is 7.18. The Labute approximate surface area is 114 Å². The molecule has 1 aliphatic rings. The molecule has 1 fully saturated rings. The van der Waals surface area contributed by atoms with Gasteiger partial charge in [0.25, 0.3) is 0 Å². The highest BCUT2D eigenvalue weighted by atomic mass is 16.3. The van der Waals surface area contributed by atoms with Crippen LogP contribution in [0.2, 0.25) is 0 Å². The van der Waals surface area contributed by atoms with Gasteiger partial charge in [0.1, 0.15) is 0 Å². The molecule has 0 bridgehead atoms. The minimum Gasteiger partial charge on any atom is -0.392 e. The van der Waals surface area contributed by atoms with Crippen molar-refractivity contribution < 1.29 is 5.11 Å². The fourth-order valence-electron chi connectivity index (χ4n) is 3.05. The van der Waals surface area contributed by atoms with Gasteiger partial charge in [-0.3, -0.25) is 0 Å². The molecule has 2 atom stereocenters. The lowest BCUT2D eigenvalue weighted by Gasteiger charge is -2.28. The summed E-state index contributed by atoms with van der Waals surface area (Å²) in [6.45, 7) is 0. The van der Waals surface area contributed by atoms with Gasteiger partial charge < -0.3 is 5.11 Å². The second-order valence-electron chi connectivity index (χ2n) is 5.45. The van der Waals surface area contributed by atoms with Crippen LogP contribution >= 0.6 is 0 Å². The summed E-state index contributed by atoms with van der Waals surface area (Å²) in [7, 11) is 0. The quantitative estimate of drug-likeness (QED) is 0.841. The largest absolute Gasteiger partial charge is 0.392 e. The first kappa shape index (κ1) is 12.4. The predicted octanol–water partition coefficient (Wildman–Crippen LogP) is 4.37. The molecule has 1 saturated carbocycles.